The summed E-state index contributed by atoms with van der Waals surface area (Å²) in [5, 5.41) is 0. The molecule has 36 heavy (non-hydrogen) atoms. The number of anilines is 2. The van der Waals surface area contributed by atoms with Crippen LogP contribution in [0.25, 0.3) is 11.2 Å². The zero-order valence-electron chi connectivity index (χ0n) is 22.7. The number of aromatic nitrogens is 4. The average molecular weight is 483 g/mol. The van der Waals surface area contributed by atoms with Gasteiger partial charge in [-0.05, 0) is 55.0 Å². The van der Waals surface area contributed by atoms with Gasteiger partial charge in [0.25, 0.3) is 0 Å². The highest BCUT2D eigenvalue weighted by Gasteiger charge is 2.35. The Morgan fingerprint density at radius 1 is 0.972 bits per heavy atom. The van der Waals surface area contributed by atoms with Crippen LogP contribution in [0.1, 0.15) is 57.0 Å². The first-order valence-corrected chi connectivity index (χ1v) is 12.9. The third-order valence-electron chi connectivity index (χ3n) is 7.46. The van der Waals surface area contributed by atoms with E-state index in [1.54, 1.807) is 0 Å². The topological polar surface area (TPSA) is 50.1 Å². The summed E-state index contributed by atoms with van der Waals surface area (Å²) in [5.74, 6) is 0.779. The monoisotopic (exact) mass is 482 g/mol. The van der Waals surface area contributed by atoms with Gasteiger partial charge in [-0.3, -0.25) is 0 Å². The van der Waals surface area contributed by atoms with Gasteiger partial charge in [0.15, 0.2) is 5.65 Å². The Morgan fingerprint density at radius 2 is 1.72 bits per heavy atom. The van der Waals surface area contributed by atoms with E-state index in [1.807, 2.05) is 13.4 Å². The highest BCUT2D eigenvalue weighted by Crippen LogP contribution is 2.31. The van der Waals surface area contributed by atoms with E-state index in [-0.39, 0.29) is 11.0 Å². The predicted molar refractivity (Wildman–Crippen MR) is 149 cm³/mol. The van der Waals surface area contributed by atoms with Crippen molar-refractivity contribution < 1.29 is 0 Å². The molecule has 3 heterocycles. The molecule has 0 bridgehead atoms. The van der Waals surface area contributed by atoms with Gasteiger partial charge >= 0.3 is 0 Å². The van der Waals surface area contributed by atoms with Crippen LogP contribution in [-0.4, -0.2) is 44.7 Å². The molecule has 6 nitrogen and oxygen atoms in total. The summed E-state index contributed by atoms with van der Waals surface area (Å²) in [6.45, 7) is 16.2. The number of piperazine rings is 1. The van der Waals surface area contributed by atoms with Crippen LogP contribution < -0.4 is 9.80 Å². The second-order valence-corrected chi connectivity index (χ2v) is 11.8. The summed E-state index contributed by atoms with van der Waals surface area (Å²) >= 11 is 0. The van der Waals surface area contributed by atoms with Gasteiger partial charge in [0, 0.05) is 38.8 Å². The third-order valence-corrected chi connectivity index (χ3v) is 7.46. The third kappa shape index (κ3) is 4.57. The molecule has 1 fully saturated rings. The number of imidazole rings is 1. The van der Waals surface area contributed by atoms with Crippen LogP contribution in [0.2, 0.25) is 0 Å². The minimum absolute atomic E-state index is 0.0557. The Balaban J connectivity index is 1.50. The van der Waals surface area contributed by atoms with E-state index < -0.39 is 0 Å². The average Bonchev–Trinajstić information content (AvgIpc) is 3.20. The molecule has 2 aromatic heterocycles. The summed E-state index contributed by atoms with van der Waals surface area (Å²) in [5.41, 5.74) is 8.07. The minimum Gasteiger partial charge on any atom is -0.363 e. The van der Waals surface area contributed by atoms with E-state index in [2.05, 4.69) is 109 Å². The van der Waals surface area contributed by atoms with Crippen molar-refractivity contribution in [3.8, 4) is 0 Å². The first-order valence-electron chi connectivity index (χ1n) is 12.9. The molecule has 188 valence electrons. The highest BCUT2D eigenvalue weighted by molar-refractivity contribution is 5.76. The molecule has 0 atom stereocenters. The number of hydrogen-bond donors (Lipinski definition) is 0. The molecule has 0 N–H and O–H groups in total. The maximum atomic E-state index is 5.18. The molecule has 1 aliphatic rings. The number of benzene rings is 2. The lowest BCUT2D eigenvalue weighted by Gasteiger charge is -2.48. The van der Waals surface area contributed by atoms with Crippen LogP contribution in [0.4, 0.5) is 11.6 Å². The first kappa shape index (κ1) is 24.3. The molecular formula is C30H38N6. The number of para-hydroxylation sites is 1. The fourth-order valence-corrected chi connectivity index (χ4v) is 5.31. The van der Waals surface area contributed by atoms with Crippen molar-refractivity contribution in [3.05, 3.63) is 77.2 Å². The van der Waals surface area contributed by atoms with Gasteiger partial charge in [0.2, 0.25) is 5.95 Å². The van der Waals surface area contributed by atoms with Crippen LogP contribution >= 0.6 is 0 Å². The van der Waals surface area contributed by atoms with Crippen LogP contribution in [0, 0.1) is 6.92 Å². The van der Waals surface area contributed by atoms with Crippen molar-refractivity contribution in [1.29, 1.82) is 0 Å². The maximum Gasteiger partial charge on any atom is 0.227 e. The normalized spacial score (nSPS) is 16.1. The van der Waals surface area contributed by atoms with Crippen molar-refractivity contribution in [2.24, 2.45) is 7.05 Å². The van der Waals surface area contributed by atoms with E-state index in [9.17, 15) is 0 Å². The Morgan fingerprint density at radius 3 is 2.42 bits per heavy atom. The van der Waals surface area contributed by atoms with Gasteiger partial charge < -0.3 is 14.4 Å². The fraction of sp³-hybridized carbons (Fsp3) is 0.433. The maximum absolute atomic E-state index is 5.18. The van der Waals surface area contributed by atoms with E-state index >= 15 is 0 Å². The van der Waals surface area contributed by atoms with Crippen LogP contribution in [0.15, 0.2) is 54.9 Å². The Kier molecular flexibility index (Phi) is 6.01. The lowest BCUT2D eigenvalue weighted by atomic mass is 9.84. The van der Waals surface area contributed by atoms with Crippen molar-refractivity contribution >= 4 is 22.8 Å². The van der Waals surface area contributed by atoms with Crippen LogP contribution in [0.3, 0.4) is 0 Å². The molecule has 4 aromatic rings. The van der Waals surface area contributed by atoms with Gasteiger partial charge in [-0.2, -0.15) is 4.98 Å². The highest BCUT2D eigenvalue weighted by atomic mass is 15.4. The smallest absolute Gasteiger partial charge is 0.227 e. The van der Waals surface area contributed by atoms with Crippen molar-refractivity contribution in [2.45, 2.75) is 58.9 Å². The van der Waals surface area contributed by atoms with E-state index in [0.717, 1.165) is 48.9 Å². The summed E-state index contributed by atoms with van der Waals surface area (Å²) in [4.78, 5) is 19.6. The summed E-state index contributed by atoms with van der Waals surface area (Å²) < 4.78 is 2.05. The first-order chi connectivity index (χ1) is 17.0. The number of fused-ring (bicyclic) bond motifs is 1. The second-order valence-electron chi connectivity index (χ2n) is 11.8. The molecule has 0 unspecified atom stereocenters. The Bertz CT molecular complexity index is 1380. The Hall–Kier alpha value is -3.41. The number of rotatable bonds is 4. The van der Waals surface area contributed by atoms with Gasteiger partial charge in [0.1, 0.15) is 5.52 Å². The van der Waals surface area contributed by atoms with Crippen molar-refractivity contribution in [1.82, 2.24) is 19.5 Å². The van der Waals surface area contributed by atoms with Gasteiger partial charge in [-0.1, -0.05) is 57.2 Å². The molecule has 5 rings (SSSR count). The number of nitrogens with zero attached hydrogens (tertiary/aromatic N) is 6. The van der Waals surface area contributed by atoms with Crippen LogP contribution in [0.5, 0.6) is 0 Å². The standard InChI is InChI=1S/C30H38N6/c1-21-13-14-23(29(2,3)4)17-22(21)18-25-26-27(31-20-34(26)7)33-28(32-25)35-15-16-36(30(5,6)19-35)24-11-9-8-10-12-24/h8-14,17,20H,15-16,18-19H2,1-7H3. The molecule has 6 heteroatoms. The lowest BCUT2D eigenvalue weighted by molar-refractivity contribution is 0.411. The molecule has 1 aliphatic heterocycles. The molecular weight excluding hydrogens is 444 g/mol. The fourth-order valence-electron chi connectivity index (χ4n) is 5.31. The van der Waals surface area contributed by atoms with Gasteiger partial charge in [-0.25, -0.2) is 9.97 Å². The largest absolute Gasteiger partial charge is 0.363 e. The molecule has 0 amide bonds. The van der Waals surface area contributed by atoms with Gasteiger partial charge in [0.05, 0.1) is 17.6 Å². The summed E-state index contributed by atoms with van der Waals surface area (Å²) in [6, 6.07) is 17.5. The number of aryl methyl sites for hydroxylation is 2. The van der Waals surface area contributed by atoms with Crippen molar-refractivity contribution in [2.75, 3.05) is 29.4 Å². The molecule has 1 saturated heterocycles. The zero-order chi connectivity index (χ0) is 25.7. The quantitative estimate of drug-likeness (QED) is 0.375. The number of hydrogen-bond acceptors (Lipinski definition) is 5. The summed E-state index contributed by atoms with van der Waals surface area (Å²) in [7, 11) is 2.03. The zero-order valence-corrected chi connectivity index (χ0v) is 22.7. The molecule has 0 saturated carbocycles. The second kappa shape index (κ2) is 8.91. The van der Waals surface area contributed by atoms with E-state index in [1.165, 1.54) is 22.4 Å². The SMILES string of the molecule is Cc1ccc(C(C)(C)C)cc1Cc1nc(N2CCN(c3ccccc3)C(C)(C)C2)nc2ncn(C)c12. The molecule has 0 spiro atoms. The van der Waals surface area contributed by atoms with E-state index in [0.29, 0.717) is 0 Å². The lowest BCUT2D eigenvalue weighted by Crippen LogP contribution is -2.60. The molecule has 2 aromatic carbocycles. The predicted octanol–water partition coefficient (Wildman–Crippen LogP) is 5.67. The minimum atomic E-state index is -0.0557. The molecule has 0 aliphatic carbocycles. The van der Waals surface area contributed by atoms with Crippen molar-refractivity contribution in [3.63, 3.8) is 0 Å². The van der Waals surface area contributed by atoms with Crippen LogP contribution in [-0.2, 0) is 18.9 Å². The van der Waals surface area contributed by atoms with Gasteiger partial charge in [-0.15, -0.1) is 0 Å². The van der Waals surface area contributed by atoms with E-state index in [4.69, 9.17) is 9.97 Å². The summed E-state index contributed by atoms with van der Waals surface area (Å²) in [6.07, 6.45) is 2.61. The molecule has 0 radical (unpaired) electrons. The Labute approximate surface area is 215 Å².